The first kappa shape index (κ1) is 22.0. The van der Waals surface area contributed by atoms with E-state index in [2.05, 4.69) is 10.6 Å². The summed E-state index contributed by atoms with van der Waals surface area (Å²) in [6, 6.07) is 16.7. The van der Waals surface area contributed by atoms with E-state index in [9.17, 15) is 18.4 Å². The van der Waals surface area contributed by atoms with Gasteiger partial charge in [0.2, 0.25) is 5.91 Å². The summed E-state index contributed by atoms with van der Waals surface area (Å²) in [7, 11) is 3.64. The molecular weight excluding hydrogens is 400 g/mol. The number of carbonyl (C=O) groups is 2. The lowest BCUT2D eigenvalue weighted by molar-refractivity contribution is -0.115. The second-order valence-electron chi connectivity index (χ2n) is 7.29. The van der Waals surface area contributed by atoms with E-state index in [0.717, 1.165) is 5.56 Å². The van der Waals surface area contributed by atoms with Crippen LogP contribution in [0, 0.1) is 11.6 Å². The topological polar surface area (TPSA) is 61.4 Å². The molecule has 0 saturated carbocycles. The maximum absolute atomic E-state index is 13.1. The molecule has 0 saturated heterocycles. The molecule has 3 aromatic rings. The van der Waals surface area contributed by atoms with E-state index in [1.54, 1.807) is 47.4 Å². The van der Waals surface area contributed by atoms with Crippen LogP contribution in [0.1, 0.15) is 21.5 Å². The van der Waals surface area contributed by atoms with Gasteiger partial charge in [-0.1, -0.05) is 24.3 Å². The summed E-state index contributed by atoms with van der Waals surface area (Å²) in [5.41, 5.74) is 3.01. The molecule has 0 fully saturated rings. The number of rotatable bonds is 7. The predicted octanol–water partition coefficient (Wildman–Crippen LogP) is 4.14. The second kappa shape index (κ2) is 9.84. The summed E-state index contributed by atoms with van der Waals surface area (Å²) < 4.78 is 26.1. The van der Waals surface area contributed by atoms with E-state index in [0.29, 0.717) is 22.5 Å². The standard InChI is InChI=1S/C24H23F2N3O2/c1-29(2)22-12-11-20(28-23(30)13-16-3-7-18(25)8-4-16)14-21(22)24(31)27-15-17-5-9-19(26)10-6-17/h3-12,14H,13,15H2,1-2H3,(H,27,31)(H,28,30). The Morgan fingerprint density at radius 3 is 2.00 bits per heavy atom. The third kappa shape index (κ3) is 6.12. The van der Waals surface area contributed by atoms with Gasteiger partial charge in [0.25, 0.3) is 5.91 Å². The van der Waals surface area contributed by atoms with Gasteiger partial charge >= 0.3 is 0 Å². The number of halogens is 2. The molecule has 31 heavy (non-hydrogen) atoms. The number of hydrogen-bond acceptors (Lipinski definition) is 3. The van der Waals surface area contributed by atoms with Gasteiger partial charge < -0.3 is 15.5 Å². The van der Waals surface area contributed by atoms with E-state index in [4.69, 9.17) is 0 Å². The van der Waals surface area contributed by atoms with Gasteiger partial charge in [0.15, 0.2) is 0 Å². The number of benzene rings is 3. The van der Waals surface area contributed by atoms with Crippen LogP contribution in [0.3, 0.4) is 0 Å². The molecule has 5 nitrogen and oxygen atoms in total. The van der Waals surface area contributed by atoms with Crippen molar-refractivity contribution in [3.63, 3.8) is 0 Å². The molecule has 0 atom stereocenters. The number of hydrogen-bond donors (Lipinski definition) is 2. The largest absolute Gasteiger partial charge is 0.377 e. The molecule has 0 bridgehead atoms. The van der Waals surface area contributed by atoms with Crippen LogP contribution >= 0.6 is 0 Å². The summed E-state index contributed by atoms with van der Waals surface area (Å²) in [5, 5.41) is 5.59. The van der Waals surface area contributed by atoms with Gasteiger partial charge in [-0.05, 0) is 53.6 Å². The quantitative estimate of drug-likeness (QED) is 0.600. The third-order valence-electron chi connectivity index (χ3n) is 4.65. The van der Waals surface area contributed by atoms with Gasteiger partial charge in [-0.25, -0.2) is 8.78 Å². The first-order valence-electron chi connectivity index (χ1n) is 9.70. The Hall–Kier alpha value is -3.74. The van der Waals surface area contributed by atoms with Crippen molar-refractivity contribution in [3.8, 4) is 0 Å². The fraction of sp³-hybridized carbons (Fsp3) is 0.167. The minimum absolute atomic E-state index is 0.0851. The minimum Gasteiger partial charge on any atom is -0.377 e. The number of nitrogens with one attached hydrogen (secondary N) is 2. The van der Waals surface area contributed by atoms with Crippen molar-refractivity contribution in [2.45, 2.75) is 13.0 Å². The van der Waals surface area contributed by atoms with Crippen LogP contribution in [0.25, 0.3) is 0 Å². The highest BCUT2D eigenvalue weighted by Gasteiger charge is 2.15. The fourth-order valence-corrected chi connectivity index (χ4v) is 3.06. The summed E-state index contributed by atoms with van der Waals surface area (Å²) in [4.78, 5) is 27.0. The summed E-state index contributed by atoms with van der Waals surface area (Å²) >= 11 is 0. The summed E-state index contributed by atoms with van der Waals surface area (Å²) in [5.74, 6) is -1.29. The van der Waals surface area contributed by atoms with Crippen molar-refractivity contribution in [1.82, 2.24) is 5.32 Å². The van der Waals surface area contributed by atoms with Gasteiger partial charge in [-0.15, -0.1) is 0 Å². The zero-order valence-electron chi connectivity index (χ0n) is 17.3. The van der Waals surface area contributed by atoms with Gasteiger partial charge in [0, 0.05) is 32.0 Å². The Bertz CT molecular complexity index is 1070. The molecule has 3 aromatic carbocycles. The summed E-state index contributed by atoms with van der Waals surface area (Å²) in [6.45, 7) is 0.243. The third-order valence-corrected chi connectivity index (χ3v) is 4.65. The molecule has 0 spiro atoms. The lowest BCUT2D eigenvalue weighted by Gasteiger charge is -2.18. The molecule has 7 heteroatoms. The number of anilines is 2. The van der Waals surface area contributed by atoms with Gasteiger partial charge in [-0.2, -0.15) is 0 Å². The molecule has 160 valence electrons. The van der Waals surface area contributed by atoms with E-state index in [1.165, 1.54) is 24.3 Å². The molecule has 2 N–H and O–H groups in total. The average molecular weight is 423 g/mol. The van der Waals surface area contributed by atoms with Gasteiger partial charge in [-0.3, -0.25) is 9.59 Å². The maximum atomic E-state index is 13.1. The molecule has 0 aromatic heterocycles. The molecule has 0 aliphatic heterocycles. The van der Waals surface area contributed by atoms with Gasteiger partial charge in [0.1, 0.15) is 11.6 Å². The van der Waals surface area contributed by atoms with Crippen LogP contribution < -0.4 is 15.5 Å². The lowest BCUT2D eigenvalue weighted by atomic mass is 10.1. The molecule has 0 aliphatic rings. The molecular formula is C24H23F2N3O2. The van der Waals surface area contributed by atoms with Gasteiger partial charge in [0.05, 0.1) is 12.0 Å². The van der Waals surface area contributed by atoms with Crippen molar-refractivity contribution in [1.29, 1.82) is 0 Å². The Morgan fingerprint density at radius 1 is 0.839 bits per heavy atom. The fourth-order valence-electron chi connectivity index (χ4n) is 3.06. The van der Waals surface area contributed by atoms with Crippen molar-refractivity contribution in [3.05, 3.63) is 95.1 Å². The van der Waals surface area contributed by atoms with Crippen LogP contribution in [0.2, 0.25) is 0 Å². The summed E-state index contributed by atoms with van der Waals surface area (Å²) in [6.07, 6.45) is 0.0851. The molecule has 2 amide bonds. The highest BCUT2D eigenvalue weighted by molar-refractivity contribution is 6.02. The van der Waals surface area contributed by atoms with Crippen LogP contribution in [-0.2, 0) is 17.8 Å². The van der Waals surface area contributed by atoms with Crippen LogP contribution in [0.15, 0.2) is 66.7 Å². The smallest absolute Gasteiger partial charge is 0.253 e. The van der Waals surface area contributed by atoms with Crippen molar-refractivity contribution >= 4 is 23.2 Å². The minimum atomic E-state index is -0.361. The normalized spacial score (nSPS) is 10.5. The Morgan fingerprint density at radius 2 is 1.42 bits per heavy atom. The number of nitrogens with zero attached hydrogens (tertiary/aromatic N) is 1. The van der Waals surface area contributed by atoms with E-state index in [-0.39, 0.29) is 36.4 Å². The molecule has 0 unspecified atom stereocenters. The SMILES string of the molecule is CN(C)c1ccc(NC(=O)Cc2ccc(F)cc2)cc1C(=O)NCc1ccc(F)cc1. The number of carbonyl (C=O) groups excluding carboxylic acids is 2. The molecule has 0 radical (unpaired) electrons. The van der Waals surface area contributed by atoms with Crippen LogP contribution in [0.5, 0.6) is 0 Å². The van der Waals surface area contributed by atoms with E-state index < -0.39 is 0 Å². The van der Waals surface area contributed by atoms with Crippen LogP contribution in [-0.4, -0.2) is 25.9 Å². The lowest BCUT2D eigenvalue weighted by Crippen LogP contribution is -2.26. The van der Waals surface area contributed by atoms with Crippen molar-refractivity contribution < 1.29 is 18.4 Å². The highest BCUT2D eigenvalue weighted by Crippen LogP contribution is 2.23. The predicted molar refractivity (Wildman–Crippen MR) is 117 cm³/mol. The Balaban J connectivity index is 1.71. The Kier molecular flexibility index (Phi) is 6.97. The molecule has 0 heterocycles. The average Bonchev–Trinajstić information content (AvgIpc) is 2.74. The zero-order chi connectivity index (χ0) is 22.4. The van der Waals surface area contributed by atoms with Crippen molar-refractivity contribution in [2.75, 3.05) is 24.3 Å². The first-order valence-corrected chi connectivity index (χ1v) is 9.70. The maximum Gasteiger partial charge on any atom is 0.253 e. The number of amides is 2. The van der Waals surface area contributed by atoms with E-state index >= 15 is 0 Å². The second-order valence-corrected chi connectivity index (χ2v) is 7.29. The molecule has 0 aliphatic carbocycles. The first-order chi connectivity index (χ1) is 14.8. The monoisotopic (exact) mass is 423 g/mol. The highest BCUT2D eigenvalue weighted by atomic mass is 19.1. The van der Waals surface area contributed by atoms with Crippen molar-refractivity contribution in [2.24, 2.45) is 0 Å². The molecule has 3 rings (SSSR count). The zero-order valence-corrected chi connectivity index (χ0v) is 17.3. The Labute approximate surface area is 179 Å². The van der Waals surface area contributed by atoms with Crippen LogP contribution in [0.4, 0.5) is 20.2 Å². The van der Waals surface area contributed by atoms with E-state index in [1.807, 2.05) is 14.1 Å².